The molecule has 12 nitrogen and oxygen atoms in total. The van der Waals surface area contributed by atoms with Gasteiger partial charge in [0, 0.05) is 42.6 Å². The number of nitrogens with one attached hydrogen (secondary N) is 1. The molecule has 1 saturated heterocycles. The molecular formula is C27H32N8O4. The maximum atomic E-state index is 11.1. The van der Waals surface area contributed by atoms with E-state index >= 15 is 0 Å². The number of nitrogens with zero attached hydrogens (tertiary/aromatic N) is 7. The van der Waals surface area contributed by atoms with E-state index in [1.807, 2.05) is 30.9 Å². The third-order valence-corrected chi connectivity index (χ3v) is 7.68. The average molecular weight is 533 g/mol. The van der Waals surface area contributed by atoms with Crippen molar-refractivity contribution in [1.82, 2.24) is 24.1 Å². The molecule has 1 aliphatic carbocycles. The maximum absolute atomic E-state index is 11.1. The Kier molecular flexibility index (Phi) is 7.01. The van der Waals surface area contributed by atoms with E-state index in [-0.39, 0.29) is 12.1 Å². The normalized spacial score (nSPS) is 19.8. The van der Waals surface area contributed by atoms with Gasteiger partial charge in [0.15, 0.2) is 0 Å². The molecule has 0 amide bonds. The predicted octanol–water partition coefficient (Wildman–Crippen LogP) is 4.08. The van der Waals surface area contributed by atoms with Crippen molar-refractivity contribution in [2.24, 2.45) is 7.05 Å². The Labute approximate surface area is 225 Å². The molecule has 6 rings (SSSR count). The van der Waals surface area contributed by atoms with E-state index in [4.69, 9.17) is 14.5 Å². The average Bonchev–Trinajstić information content (AvgIpc) is 3.63. The number of nitro groups is 1. The van der Waals surface area contributed by atoms with Crippen molar-refractivity contribution < 1.29 is 14.4 Å². The molecule has 0 bridgehead atoms. The summed E-state index contributed by atoms with van der Waals surface area (Å²) in [5.41, 5.74) is 1.59. The van der Waals surface area contributed by atoms with E-state index in [1.54, 1.807) is 7.05 Å². The fraction of sp³-hybridized carbons (Fsp3) is 0.444. The summed E-state index contributed by atoms with van der Waals surface area (Å²) in [6.45, 7) is 3.36. The molecule has 1 saturated carbocycles. The van der Waals surface area contributed by atoms with Crippen molar-refractivity contribution in [2.45, 2.75) is 44.4 Å². The Morgan fingerprint density at radius 1 is 1.18 bits per heavy atom. The largest absolute Gasteiger partial charge is 0.474 e. The molecule has 204 valence electrons. The third-order valence-electron chi connectivity index (χ3n) is 7.68. The number of benzene rings is 1. The zero-order valence-electron chi connectivity index (χ0n) is 21.9. The van der Waals surface area contributed by atoms with Crippen LogP contribution in [0.25, 0.3) is 10.8 Å². The fourth-order valence-electron chi connectivity index (χ4n) is 5.42. The SMILES string of the molecule is Cn1c(CNc2ccc3cc(N4CCOCC4)nc(O[C@H]4CC[C@@H](n5ccnc5)CC4)c3c2)cnc1[N+](=O)[O-]. The van der Waals surface area contributed by atoms with E-state index in [0.717, 1.165) is 61.1 Å². The molecule has 3 aromatic heterocycles. The van der Waals surface area contributed by atoms with Gasteiger partial charge in [0.1, 0.15) is 23.8 Å². The van der Waals surface area contributed by atoms with Gasteiger partial charge in [-0.25, -0.2) is 9.55 Å². The van der Waals surface area contributed by atoms with E-state index < -0.39 is 4.92 Å². The zero-order chi connectivity index (χ0) is 26.8. The minimum atomic E-state index is -0.482. The molecule has 0 atom stereocenters. The first-order chi connectivity index (χ1) is 19.0. The van der Waals surface area contributed by atoms with Crippen molar-refractivity contribution in [3.05, 3.63) is 65.0 Å². The van der Waals surface area contributed by atoms with Gasteiger partial charge in [-0.15, -0.1) is 0 Å². The Balaban J connectivity index is 1.24. The van der Waals surface area contributed by atoms with Gasteiger partial charge in [-0.1, -0.05) is 11.1 Å². The molecule has 39 heavy (non-hydrogen) atoms. The number of morpholine rings is 1. The van der Waals surface area contributed by atoms with E-state index in [0.29, 0.717) is 37.4 Å². The first-order valence-corrected chi connectivity index (χ1v) is 13.4. The van der Waals surface area contributed by atoms with Gasteiger partial charge in [-0.2, -0.15) is 4.98 Å². The summed E-state index contributed by atoms with van der Waals surface area (Å²) < 4.78 is 15.8. The second kappa shape index (κ2) is 10.9. The van der Waals surface area contributed by atoms with Crippen molar-refractivity contribution in [1.29, 1.82) is 0 Å². The number of pyridine rings is 1. The molecule has 12 heteroatoms. The van der Waals surface area contributed by atoms with Crippen molar-refractivity contribution in [3.8, 4) is 5.88 Å². The first kappa shape index (κ1) is 25.1. The van der Waals surface area contributed by atoms with Gasteiger partial charge in [-0.05, 0) is 54.2 Å². The quantitative estimate of drug-likeness (QED) is 0.264. The fourth-order valence-corrected chi connectivity index (χ4v) is 5.42. The molecule has 0 spiro atoms. The lowest BCUT2D eigenvalue weighted by atomic mass is 9.93. The molecule has 4 heterocycles. The monoisotopic (exact) mass is 532 g/mol. The lowest BCUT2D eigenvalue weighted by molar-refractivity contribution is -0.396. The van der Waals surface area contributed by atoms with Crippen LogP contribution >= 0.6 is 0 Å². The highest BCUT2D eigenvalue weighted by Crippen LogP contribution is 2.35. The minimum absolute atomic E-state index is 0.0898. The highest BCUT2D eigenvalue weighted by atomic mass is 16.6. The van der Waals surface area contributed by atoms with Crippen LogP contribution in [0.4, 0.5) is 17.5 Å². The summed E-state index contributed by atoms with van der Waals surface area (Å²) >= 11 is 0. The van der Waals surface area contributed by atoms with Crippen LogP contribution in [-0.2, 0) is 18.3 Å². The second-order valence-electron chi connectivity index (χ2n) is 10.1. The number of fused-ring (bicyclic) bond motifs is 1. The van der Waals surface area contributed by atoms with Crippen LogP contribution < -0.4 is 15.0 Å². The predicted molar refractivity (Wildman–Crippen MR) is 146 cm³/mol. The molecule has 1 N–H and O–H groups in total. The first-order valence-electron chi connectivity index (χ1n) is 13.4. The molecule has 1 aliphatic heterocycles. The maximum Gasteiger partial charge on any atom is 0.434 e. The molecule has 1 aromatic carbocycles. The van der Waals surface area contributed by atoms with Gasteiger partial charge in [0.2, 0.25) is 5.88 Å². The van der Waals surface area contributed by atoms with E-state index in [9.17, 15) is 10.1 Å². The summed E-state index contributed by atoms with van der Waals surface area (Å²) in [6.07, 6.45) is 11.3. The number of hydrogen-bond acceptors (Lipinski definition) is 9. The van der Waals surface area contributed by atoms with Gasteiger partial charge < -0.3 is 34.4 Å². The standard InChI is InChI=1S/C27H32N8O4/c1-32-22(17-30-27(32)35(36)37)16-29-20-3-2-19-14-25(33-10-12-38-13-11-33)31-26(24(19)15-20)39-23-6-4-21(5-7-23)34-9-8-28-18-34/h2-3,8-9,14-15,17-18,21,23,29H,4-7,10-13,16H2,1H3/t21-,23+. The Morgan fingerprint density at radius 2 is 2.00 bits per heavy atom. The summed E-state index contributed by atoms with van der Waals surface area (Å²) in [7, 11) is 1.65. The van der Waals surface area contributed by atoms with E-state index in [2.05, 4.69) is 36.9 Å². The number of rotatable bonds is 8. The van der Waals surface area contributed by atoms with E-state index in [1.165, 1.54) is 10.8 Å². The van der Waals surface area contributed by atoms with Crippen molar-refractivity contribution in [2.75, 3.05) is 36.5 Å². The highest BCUT2D eigenvalue weighted by Gasteiger charge is 2.25. The van der Waals surface area contributed by atoms with Gasteiger partial charge >= 0.3 is 5.95 Å². The number of aromatic nitrogens is 5. The Bertz CT molecular complexity index is 1440. The third kappa shape index (κ3) is 5.37. The van der Waals surface area contributed by atoms with Crippen LogP contribution in [0.2, 0.25) is 0 Å². The summed E-state index contributed by atoms with van der Waals surface area (Å²) in [5.74, 6) is 1.36. The number of imidazole rings is 2. The number of hydrogen-bond donors (Lipinski definition) is 1. The lowest BCUT2D eigenvalue weighted by Crippen LogP contribution is -2.36. The summed E-state index contributed by atoms with van der Waals surface area (Å²) in [5, 5.41) is 16.5. The van der Waals surface area contributed by atoms with Crippen LogP contribution in [0.1, 0.15) is 37.4 Å². The molecule has 0 unspecified atom stereocenters. The molecule has 2 fully saturated rings. The lowest BCUT2D eigenvalue weighted by Gasteiger charge is -2.31. The smallest absolute Gasteiger partial charge is 0.434 e. The Morgan fingerprint density at radius 3 is 2.72 bits per heavy atom. The van der Waals surface area contributed by atoms with Crippen LogP contribution in [0.3, 0.4) is 0 Å². The molecule has 0 radical (unpaired) electrons. The second-order valence-corrected chi connectivity index (χ2v) is 10.1. The Hall–Kier alpha value is -4.19. The van der Waals surface area contributed by atoms with Crippen LogP contribution in [-0.4, -0.2) is 61.4 Å². The van der Waals surface area contributed by atoms with Gasteiger partial charge in [0.05, 0.1) is 33.1 Å². The summed E-state index contributed by atoms with van der Waals surface area (Å²) in [6, 6.07) is 8.68. The highest BCUT2D eigenvalue weighted by molar-refractivity contribution is 5.91. The number of ether oxygens (including phenoxy) is 2. The van der Waals surface area contributed by atoms with Crippen LogP contribution in [0, 0.1) is 10.1 Å². The van der Waals surface area contributed by atoms with Crippen molar-refractivity contribution in [3.63, 3.8) is 0 Å². The summed E-state index contributed by atoms with van der Waals surface area (Å²) in [4.78, 5) is 26.0. The number of anilines is 2. The molecule has 4 aromatic rings. The van der Waals surface area contributed by atoms with Crippen molar-refractivity contribution >= 4 is 28.2 Å². The topological polar surface area (TPSA) is 125 Å². The van der Waals surface area contributed by atoms with Gasteiger partial charge in [-0.3, -0.25) is 0 Å². The molecular weight excluding hydrogens is 500 g/mol. The zero-order valence-corrected chi connectivity index (χ0v) is 21.9. The molecule has 2 aliphatic rings. The minimum Gasteiger partial charge on any atom is -0.474 e. The van der Waals surface area contributed by atoms with Crippen LogP contribution in [0.5, 0.6) is 5.88 Å². The van der Waals surface area contributed by atoms with Gasteiger partial charge in [0.25, 0.3) is 0 Å². The van der Waals surface area contributed by atoms with Crippen LogP contribution in [0.15, 0.2) is 49.2 Å².